The second-order valence-corrected chi connectivity index (χ2v) is 7.89. The summed E-state index contributed by atoms with van der Waals surface area (Å²) in [7, 11) is 0. The van der Waals surface area contributed by atoms with Crippen molar-refractivity contribution in [1.82, 2.24) is 14.5 Å². The van der Waals surface area contributed by atoms with Crippen molar-refractivity contribution in [1.29, 1.82) is 0 Å². The Labute approximate surface area is 184 Å². The average Bonchev–Trinajstić information content (AvgIpc) is 3.23. The number of carbonyl (C=O) groups is 1. The molecule has 6 nitrogen and oxygen atoms in total. The molecule has 0 saturated carbocycles. The van der Waals surface area contributed by atoms with E-state index in [0.717, 1.165) is 23.5 Å². The van der Waals surface area contributed by atoms with Gasteiger partial charge in [0, 0.05) is 23.9 Å². The zero-order valence-electron chi connectivity index (χ0n) is 16.6. The number of anilines is 1. The molecule has 1 N–H and O–H groups in total. The number of amides is 1. The van der Waals surface area contributed by atoms with Gasteiger partial charge >= 0.3 is 6.18 Å². The Morgan fingerprint density at radius 3 is 2.75 bits per heavy atom. The molecule has 164 valence electrons. The predicted octanol–water partition coefficient (Wildman–Crippen LogP) is 4.96. The molecule has 0 aliphatic heterocycles. The number of para-hydroxylation sites is 1. The molecule has 2 aromatic carbocycles. The molecular formula is C22H17F3N4O2S. The summed E-state index contributed by atoms with van der Waals surface area (Å²) in [6.45, 7) is 0.331. The van der Waals surface area contributed by atoms with Crippen molar-refractivity contribution >= 4 is 33.3 Å². The van der Waals surface area contributed by atoms with Crippen LogP contribution in [0.4, 0.5) is 18.3 Å². The van der Waals surface area contributed by atoms with E-state index in [1.165, 1.54) is 23.0 Å². The van der Waals surface area contributed by atoms with E-state index < -0.39 is 11.7 Å². The zero-order chi connectivity index (χ0) is 22.7. The van der Waals surface area contributed by atoms with Crippen LogP contribution in [0.15, 0.2) is 65.0 Å². The second-order valence-electron chi connectivity index (χ2n) is 7.03. The van der Waals surface area contributed by atoms with E-state index in [2.05, 4.69) is 15.3 Å². The molecule has 0 bridgehead atoms. The van der Waals surface area contributed by atoms with Crippen molar-refractivity contribution in [3.05, 3.63) is 76.2 Å². The number of aromatic nitrogens is 3. The number of fused-ring (bicyclic) bond motifs is 1. The number of carbonyl (C=O) groups excluding carboxylic acids is 1. The van der Waals surface area contributed by atoms with E-state index in [1.54, 1.807) is 29.6 Å². The Balaban J connectivity index is 1.35. The van der Waals surface area contributed by atoms with Crippen LogP contribution in [-0.2, 0) is 17.5 Å². The lowest BCUT2D eigenvalue weighted by Gasteiger charge is -2.07. The number of hydrogen-bond acceptors (Lipinski definition) is 5. The summed E-state index contributed by atoms with van der Waals surface area (Å²) in [6, 6.07) is 11.9. The molecule has 0 spiro atoms. The Hall–Kier alpha value is -3.53. The standard InChI is InChI=1S/C22H17F3N4O2S/c23-22(24,25)15-6-3-5-14(11-15)18-12-32-21(27-18)28-19(30)9-4-10-29-13-26-17-8-2-1-7-16(17)20(29)31/h1-3,5-8,11-13H,4,9-10H2,(H,27,28,30). The van der Waals surface area contributed by atoms with Gasteiger partial charge in [0.15, 0.2) is 5.13 Å². The molecule has 0 fully saturated rings. The summed E-state index contributed by atoms with van der Waals surface area (Å²) >= 11 is 1.13. The zero-order valence-corrected chi connectivity index (χ0v) is 17.4. The van der Waals surface area contributed by atoms with Gasteiger partial charge in [0.1, 0.15) is 0 Å². The third-order valence-electron chi connectivity index (χ3n) is 4.77. The van der Waals surface area contributed by atoms with Crippen molar-refractivity contribution < 1.29 is 18.0 Å². The first-order valence-electron chi connectivity index (χ1n) is 9.68. The number of nitrogens with one attached hydrogen (secondary N) is 1. The van der Waals surface area contributed by atoms with Crippen LogP contribution in [0.5, 0.6) is 0 Å². The minimum atomic E-state index is -4.44. The van der Waals surface area contributed by atoms with Crippen molar-refractivity contribution in [3.63, 3.8) is 0 Å². The first kappa shape index (κ1) is 21.7. The molecule has 0 aliphatic carbocycles. The number of rotatable bonds is 6. The average molecular weight is 458 g/mol. The molecule has 0 aliphatic rings. The van der Waals surface area contributed by atoms with Crippen molar-refractivity contribution in [2.75, 3.05) is 5.32 Å². The van der Waals surface area contributed by atoms with Crippen LogP contribution in [0.1, 0.15) is 18.4 Å². The number of aryl methyl sites for hydroxylation is 1. The fourth-order valence-electron chi connectivity index (χ4n) is 3.18. The molecule has 4 aromatic rings. The summed E-state index contributed by atoms with van der Waals surface area (Å²) in [6.07, 6.45) is -2.41. The summed E-state index contributed by atoms with van der Waals surface area (Å²) in [5, 5.41) is 5.06. The minimum absolute atomic E-state index is 0.151. The highest BCUT2D eigenvalue weighted by molar-refractivity contribution is 7.14. The van der Waals surface area contributed by atoms with Crippen LogP contribution in [-0.4, -0.2) is 20.4 Å². The topological polar surface area (TPSA) is 76.9 Å². The van der Waals surface area contributed by atoms with E-state index in [0.29, 0.717) is 40.3 Å². The highest BCUT2D eigenvalue weighted by Gasteiger charge is 2.30. The minimum Gasteiger partial charge on any atom is -0.302 e. The molecule has 0 saturated heterocycles. The largest absolute Gasteiger partial charge is 0.416 e. The molecule has 2 heterocycles. The molecule has 2 aromatic heterocycles. The van der Waals surface area contributed by atoms with Crippen LogP contribution >= 0.6 is 11.3 Å². The molecule has 0 atom stereocenters. The van der Waals surface area contributed by atoms with Gasteiger partial charge in [0.25, 0.3) is 5.56 Å². The monoisotopic (exact) mass is 458 g/mol. The lowest BCUT2D eigenvalue weighted by atomic mass is 10.1. The van der Waals surface area contributed by atoms with Gasteiger partial charge in [-0.15, -0.1) is 11.3 Å². The number of alkyl halides is 3. The smallest absolute Gasteiger partial charge is 0.302 e. The number of nitrogens with zero attached hydrogens (tertiary/aromatic N) is 3. The third-order valence-corrected chi connectivity index (χ3v) is 5.53. The van der Waals surface area contributed by atoms with Gasteiger partial charge in [-0.3, -0.25) is 14.2 Å². The number of halogens is 3. The number of hydrogen-bond donors (Lipinski definition) is 1. The maximum absolute atomic E-state index is 12.9. The van der Waals surface area contributed by atoms with Gasteiger partial charge in [-0.25, -0.2) is 9.97 Å². The SMILES string of the molecule is O=C(CCCn1cnc2ccccc2c1=O)Nc1nc(-c2cccc(C(F)(F)F)c2)cs1. The van der Waals surface area contributed by atoms with Gasteiger partial charge in [0.2, 0.25) is 5.91 Å². The summed E-state index contributed by atoms with van der Waals surface area (Å²) in [4.78, 5) is 33.2. The molecular weight excluding hydrogens is 441 g/mol. The van der Waals surface area contributed by atoms with E-state index in [1.807, 2.05) is 0 Å². The maximum atomic E-state index is 12.9. The van der Waals surface area contributed by atoms with Gasteiger partial charge in [0.05, 0.1) is 28.5 Å². The Morgan fingerprint density at radius 1 is 1.12 bits per heavy atom. The quantitative estimate of drug-likeness (QED) is 0.443. The molecule has 4 rings (SSSR count). The molecule has 0 radical (unpaired) electrons. The fourth-order valence-corrected chi connectivity index (χ4v) is 3.91. The first-order valence-corrected chi connectivity index (χ1v) is 10.6. The van der Waals surface area contributed by atoms with Crippen molar-refractivity contribution in [2.24, 2.45) is 0 Å². The van der Waals surface area contributed by atoms with Crippen LogP contribution in [0.25, 0.3) is 22.2 Å². The molecule has 32 heavy (non-hydrogen) atoms. The second kappa shape index (κ2) is 8.91. The lowest BCUT2D eigenvalue weighted by Crippen LogP contribution is -2.21. The van der Waals surface area contributed by atoms with Gasteiger partial charge in [-0.2, -0.15) is 13.2 Å². The van der Waals surface area contributed by atoms with Crippen LogP contribution in [0, 0.1) is 0 Å². The Bertz CT molecular complexity index is 1330. The summed E-state index contributed by atoms with van der Waals surface area (Å²) in [5.74, 6) is -0.295. The van der Waals surface area contributed by atoms with Crippen LogP contribution in [0.3, 0.4) is 0 Å². The number of thiazole rings is 1. The van der Waals surface area contributed by atoms with E-state index >= 15 is 0 Å². The highest BCUT2D eigenvalue weighted by Crippen LogP contribution is 2.33. The maximum Gasteiger partial charge on any atom is 0.416 e. The first-order chi connectivity index (χ1) is 15.3. The lowest BCUT2D eigenvalue weighted by molar-refractivity contribution is -0.137. The third kappa shape index (κ3) is 4.86. The molecule has 0 unspecified atom stereocenters. The van der Waals surface area contributed by atoms with E-state index in [4.69, 9.17) is 0 Å². The van der Waals surface area contributed by atoms with E-state index in [-0.39, 0.29) is 17.9 Å². The van der Waals surface area contributed by atoms with Crippen LogP contribution in [0.2, 0.25) is 0 Å². The van der Waals surface area contributed by atoms with Crippen LogP contribution < -0.4 is 10.9 Å². The Morgan fingerprint density at radius 2 is 1.94 bits per heavy atom. The molecule has 1 amide bonds. The number of benzene rings is 2. The fraction of sp³-hybridized carbons (Fsp3) is 0.182. The van der Waals surface area contributed by atoms with Crippen molar-refractivity contribution in [2.45, 2.75) is 25.6 Å². The van der Waals surface area contributed by atoms with Gasteiger partial charge < -0.3 is 5.32 Å². The predicted molar refractivity (Wildman–Crippen MR) is 116 cm³/mol. The highest BCUT2D eigenvalue weighted by atomic mass is 32.1. The van der Waals surface area contributed by atoms with Gasteiger partial charge in [-0.1, -0.05) is 24.3 Å². The van der Waals surface area contributed by atoms with Crippen molar-refractivity contribution in [3.8, 4) is 11.3 Å². The van der Waals surface area contributed by atoms with Gasteiger partial charge in [-0.05, 0) is 30.7 Å². The molecule has 10 heteroatoms. The summed E-state index contributed by atoms with van der Waals surface area (Å²) in [5.41, 5.74) is 0.366. The Kier molecular flexibility index (Phi) is 6.04. The summed E-state index contributed by atoms with van der Waals surface area (Å²) < 4.78 is 40.2. The normalized spacial score (nSPS) is 11.6. The van der Waals surface area contributed by atoms with E-state index in [9.17, 15) is 22.8 Å².